The molecule has 0 aliphatic carbocycles. The third-order valence-electron chi connectivity index (χ3n) is 12.8. The van der Waals surface area contributed by atoms with Crippen LogP contribution in [0.25, 0.3) is 116 Å². The zero-order valence-electron chi connectivity index (χ0n) is 33.2. The van der Waals surface area contributed by atoms with E-state index in [1.165, 1.54) is 98.4 Å². The summed E-state index contributed by atoms with van der Waals surface area (Å²) in [6, 6.07) is 82.2. The van der Waals surface area contributed by atoms with E-state index >= 15 is 0 Å². The van der Waals surface area contributed by atoms with Crippen molar-refractivity contribution < 1.29 is 0 Å². The van der Waals surface area contributed by atoms with Crippen LogP contribution in [0.1, 0.15) is 0 Å². The van der Waals surface area contributed by atoms with Gasteiger partial charge in [-0.05, 0) is 99.8 Å². The lowest BCUT2D eigenvalue weighted by molar-refractivity contribution is 1.17. The number of fused-ring (bicyclic) bond motifs is 13. The Labute approximate surface area is 352 Å². The fourth-order valence-corrected chi connectivity index (χ4v) is 10.3. The van der Waals surface area contributed by atoms with Gasteiger partial charge in [0, 0.05) is 49.4 Å². The number of nitrogens with zero attached hydrogens (tertiary/aromatic N) is 3. The number of rotatable bonds is 5. The van der Waals surface area contributed by atoms with Gasteiger partial charge in [-0.1, -0.05) is 158 Å². The molecule has 0 saturated heterocycles. The highest BCUT2D eigenvalue weighted by atomic mass is 15.0. The Balaban J connectivity index is 1.30. The molecule has 3 heterocycles. The average molecular weight is 776 g/mol. The molecule has 0 amide bonds. The van der Waals surface area contributed by atoms with Gasteiger partial charge in [0.25, 0.3) is 0 Å². The molecule has 0 unspecified atom stereocenters. The van der Waals surface area contributed by atoms with E-state index in [-0.39, 0.29) is 0 Å². The number of benzene rings is 10. The standard InChI is InChI=1S/C58H37N3/c1-6-18-38(19-7-1)40-30-33-50-49(36-40)46-31-34-51-55(57(46)60(50)42-24-12-4-13-25-42)56-52(59(51)41-22-10-3-11-23-41)35-32-47-54-45-29-17-16-28-44(45)48(39-20-8-2-9-21-39)37-53(54)61(58(47)56)43-26-14-5-15-27-43/h1-37H. The van der Waals surface area contributed by atoms with E-state index in [4.69, 9.17) is 0 Å². The van der Waals surface area contributed by atoms with Gasteiger partial charge < -0.3 is 13.7 Å². The fourth-order valence-electron chi connectivity index (χ4n) is 10.3. The third kappa shape index (κ3) is 4.92. The summed E-state index contributed by atoms with van der Waals surface area (Å²) < 4.78 is 7.53. The maximum atomic E-state index is 2.54. The number of hydrogen-bond donors (Lipinski definition) is 0. The van der Waals surface area contributed by atoms with Gasteiger partial charge in [-0.25, -0.2) is 0 Å². The summed E-state index contributed by atoms with van der Waals surface area (Å²) in [5.41, 5.74) is 15.4. The first kappa shape index (κ1) is 33.8. The van der Waals surface area contributed by atoms with Crippen molar-refractivity contribution in [1.29, 1.82) is 0 Å². The van der Waals surface area contributed by atoms with Crippen LogP contribution in [0.15, 0.2) is 224 Å². The second kappa shape index (κ2) is 13.2. The van der Waals surface area contributed by atoms with E-state index in [0.29, 0.717) is 0 Å². The molecule has 0 spiro atoms. The molecule has 0 saturated carbocycles. The largest absolute Gasteiger partial charge is 0.309 e. The van der Waals surface area contributed by atoms with E-state index in [1.54, 1.807) is 0 Å². The van der Waals surface area contributed by atoms with Crippen molar-refractivity contribution >= 4 is 76.2 Å². The topological polar surface area (TPSA) is 14.8 Å². The Morgan fingerprint density at radius 3 is 1.30 bits per heavy atom. The summed E-state index contributed by atoms with van der Waals surface area (Å²) in [5.74, 6) is 0. The van der Waals surface area contributed by atoms with Crippen LogP contribution in [0.5, 0.6) is 0 Å². The molecule has 284 valence electrons. The summed E-state index contributed by atoms with van der Waals surface area (Å²) in [7, 11) is 0. The Hall–Kier alpha value is -8.14. The van der Waals surface area contributed by atoms with Crippen LogP contribution in [-0.4, -0.2) is 13.7 Å². The molecule has 3 aromatic heterocycles. The molecular formula is C58H37N3. The highest BCUT2D eigenvalue weighted by molar-refractivity contribution is 6.35. The molecule has 0 bridgehead atoms. The van der Waals surface area contributed by atoms with E-state index < -0.39 is 0 Å². The van der Waals surface area contributed by atoms with Crippen molar-refractivity contribution in [3.8, 4) is 39.3 Å². The van der Waals surface area contributed by atoms with E-state index in [2.05, 4.69) is 238 Å². The van der Waals surface area contributed by atoms with E-state index in [0.717, 1.165) is 17.1 Å². The zero-order chi connectivity index (χ0) is 40.0. The summed E-state index contributed by atoms with van der Waals surface area (Å²) >= 11 is 0. The maximum absolute atomic E-state index is 2.54. The van der Waals surface area contributed by atoms with Crippen LogP contribution in [0.4, 0.5) is 0 Å². The minimum absolute atomic E-state index is 1.13. The summed E-state index contributed by atoms with van der Waals surface area (Å²) in [6.07, 6.45) is 0. The molecule has 0 aliphatic rings. The number of hydrogen-bond acceptors (Lipinski definition) is 0. The molecular weight excluding hydrogens is 739 g/mol. The van der Waals surface area contributed by atoms with Gasteiger partial charge in [0.15, 0.2) is 0 Å². The molecule has 0 fully saturated rings. The first-order valence-corrected chi connectivity index (χ1v) is 21.0. The lowest BCUT2D eigenvalue weighted by atomic mass is 9.94. The monoisotopic (exact) mass is 775 g/mol. The molecule has 0 N–H and O–H groups in total. The number of aromatic nitrogens is 3. The van der Waals surface area contributed by atoms with Crippen LogP contribution in [0, 0.1) is 0 Å². The Morgan fingerprint density at radius 2 is 0.689 bits per heavy atom. The molecule has 13 rings (SSSR count). The van der Waals surface area contributed by atoms with E-state index in [1.807, 2.05) is 0 Å². The highest BCUT2D eigenvalue weighted by Crippen LogP contribution is 2.49. The van der Waals surface area contributed by atoms with Crippen LogP contribution in [0.3, 0.4) is 0 Å². The van der Waals surface area contributed by atoms with Crippen LogP contribution < -0.4 is 0 Å². The minimum atomic E-state index is 1.13. The van der Waals surface area contributed by atoms with Crippen molar-refractivity contribution in [3.63, 3.8) is 0 Å². The van der Waals surface area contributed by atoms with E-state index in [9.17, 15) is 0 Å². The summed E-state index contributed by atoms with van der Waals surface area (Å²) in [6.45, 7) is 0. The van der Waals surface area contributed by atoms with Crippen molar-refractivity contribution in [2.75, 3.05) is 0 Å². The van der Waals surface area contributed by atoms with Gasteiger partial charge in [-0.2, -0.15) is 0 Å². The van der Waals surface area contributed by atoms with Crippen molar-refractivity contribution in [1.82, 2.24) is 13.7 Å². The minimum Gasteiger partial charge on any atom is -0.309 e. The zero-order valence-corrected chi connectivity index (χ0v) is 33.2. The molecule has 3 heteroatoms. The second-order valence-corrected chi connectivity index (χ2v) is 16.1. The molecule has 0 aliphatic heterocycles. The predicted molar refractivity (Wildman–Crippen MR) is 258 cm³/mol. The van der Waals surface area contributed by atoms with Gasteiger partial charge in [0.1, 0.15) is 0 Å². The van der Waals surface area contributed by atoms with Crippen molar-refractivity contribution in [2.45, 2.75) is 0 Å². The Kier molecular flexibility index (Phi) is 7.31. The van der Waals surface area contributed by atoms with Crippen molar-refractivity contribution in [3.05, 3.63) is 224 Å². The summed E-state index contributed by atoms with van der Waals surface area (Å²) in [4.78, 5) is 0. The second-order valence-electron chi connectivity index (χ2n) is 16.1. The van der Waals surface area contributed by atoms with Crippen LogP contribution in [0.2, 0.25) is 0 Å². The first-order chi connectivity index (χ1) is 30.3. The Bertz CT molecular complexity index is 3820. The van der Waals surface area contributed by atoms with Gasteiger partial charge >= 0.3 is 0 Å². The third-order valence-corrected chi connectivity index (χ3v) is 12.8. The molecule has 0 radical (unpaired) electrons. The normalized spacial score (nSPS) is 11.9. The van der Waals surface area contributed by atoms with Gasteiger partial charge in [-0.3, -0.25) is 0 Å². The van der Waals surface area contributed by atoms with Gasteiger partial charge in [0.2, 0.25) is 0 Å². The molecule has 10 aromatic carbocycles. The van der Waals surface area contributed by atoms with Gasteiger partial charge in [-0.15, -0.1) is 0 Å². The molecule has 13 aromatic rings. The SMILES string of the molecule is c1ccc(-c2ccc3c(c2)c2ccc4c(c5c(ccc6c7c8ccccc8c(-c8ccccc8)cc7n(-c7ccccc7)c65)n4-c4ccccc4)c2n3-c2ccccc2)cc1. The van der Waals surface area contributed by atoms with Crippen molar-refractivity contribution in [2.24, 2.45) is 0 Å². The smallest absolute Gasteiger partial charge is 0.0642 e. The fraction of sp³-hybridized carbons (Fsp3) is 0. The average Bonchev–Trinajstić information content (AvgIpc) is 3.98. The first-order valence-electron chi connectivity index (χ1n) is 21.0. The lowest BCUT2D eigenvalue weighted by Crippen LogP contribution is -1.95. The number of para-hydroxylation sites is 3. The van der Waals surface area contributed by atoms with Gasteiger partial charge in [0.05, 0.1) is 33.1 Å². The van der Waals surface area contributed by atoms with Crippen LogP contribution >= 0.6 is 0 Å². The molecule has 61 heavy (non-hydrogen) atoms. The molecule has 3 nitrogen and oxygen atoms in total. The maximum Gasteiger partial charge on any atom is 0.0642 e. The molecule has 0 atom stereocenters. The quantitative estimate of drug-likeness (QED) is 0.165. The predicted octanol–water partition coefficient (Wildman–Crippen LogP) is 15.5. The van der Waals surface area contributed by atoms with Crippen LogP contribution in [-0.2, 0) is 0 Å². The lowest BCUT2D eigenvalue weighted by Gasteiger charge is -2.12. The summed E-state index contributed by atoms with van der Waals surface area (Å²) in [5, 5.41) is 9.93. The highest BCUT2D eigenvalue weighted by Gasteiger charge is 2.26. The Morgan fingerprint density at radius 1 is 0.230 bits per heavy atom.